The van der Waals surface area contributed by atoms with Crippen LogP contribution >= 0.6 is 22.6 Å². The van der Waals surface area contributed by atoms with E-state index in [2.05, 4.69) is 29.5 Å². The Bertz CT molecular complexity index is 561. The smallest absolute Gasteiger partial charge is 0.379 e. The Kier molecular flexibility index (Phi) is 4.47. The minimum atomic E-state index is -0.543. The lowest BCUT2D eigenvalue weighted by Gasteiger charge is -2.11. The van der Waals surface area contributed by atoms with Gasteiger partial charge in [0.1, 0.15) is 0 Å². The third-order valence-electron chi connectivity index (χ3n) is 2.57. The van der Waals surface area contributed by atoms with Crippen LogP contribution < -0.4 is 9.47 Å². The van der Waals surface area contributed by atoms with Crippen LogP contribution in [0.2, 0.25) is 0 Å². The van der Waals surface area contributed by atoms with Crippen molar-refractivity contribution < 1.29 is 18.7 Å². The van der Waals surface area contributed by atoms with Crippen LogP contribution in [0.3, 0.4) is 0 Å². The first-order valence-corrected chi connectivity index (χ1v) is 6.94. The first kappa shape index (κ1) is 13.9. The lowest BCUT2D eigenvalue weighted by atomic mass is 10.1. The fourth-order valence-electron chi connectivity index (χ4n) is 1.56. The first-order valence-electron chi connectivity index (χ1n) is 5.69. The SMILES string of the molecule is COc1cc(C(C)I)ccc1OC(=O)c1ccco1. The number of benzene rings is 1. The molecular formula is C14H13IO4. The highest BCUT2D eigenvalue weighted by molar-refractivity contribution is 14.1. The van der Waals surface area contributed by atoms with Crippen LogP contribution in [0.15, 0.2) is 41.0 Å². The maximum atomic E-state index is 11.8. The van der Waals surface area contributed by atoms with Gasteiger partial charge in [0.15, 0.2) is 11.5 Å². The van der Waals surface area contributed by atoms with Crippen molar-refractivity contribution in [1.82, 2.24) is 0 Å². The van der Waals surface area contributed by atoms with Gasteiger partial charge in [-0.1, -0.05) is 28.7 Å². The number of ether oxygens (including phenoxy) is 2. The van der Waals surface area contributed by atoms with Crippen molar-refractivity contribution in [3.63, 3.8) is 0 Å². The molecule has 0 spiro atoms. The lowest BCUT2D eigenvalue weighted by molar-refractivity contribution is 0.0696. The van der Waals surface area contributed by atoms with E-state index in [0.717, 1.165) is 5.56 Å². The van der Waals surface area contributed by atoms with Gasteiger partial charge in [-0.3, -0.25) is 0 Å². The summed E-state index contributed by atoms with van der Waals surface area (Å²) in [6.07, 6.45) is 1.43. The summed E-state index contributed by atoms with van der Waals surface area (Å²) in [5.74, 6) is 0.526. The summed E-state index contributed by atoms with van der Waals surface area (Å²) >= 11 is 2.31. The molecule has 1 aromatic heterocycles. The lowest BCUT2D eigenvalue weighted by Crippen LogP contribution is -2.08. The predicted molar refractivity (Wildman–Crippen MR) is 79.1 cm³/mol. The van der Waals surface area contributed by atoms with E-state index < -0.39 is 5.97 Å². The van der Waals surface area contributed by atoms with E-state index >= 15 is 0 Å². The van der Waals surface area contributed by atoms with Gasteiger partial charge in [0.05, 0.1) is 13.4 Å². The van der Waals surface area contributed by atoms with Crippen LogP contribution in [0.1, 0.15) is 27.0 Å². The van der Waals surface area contributed by atoms with Crippen LogP contribution in [-0.2, 0) is 0 Å². The molecular weight excluding hydrogens is 359 g/mol. The molecule has 0 amide bonds. The van der Waals surface area contributed by atoms with E-state index in [-0.39, 0.29) is 5.76 Å². The van der Waals surface area contributed by atoms with E-state index in [9.17, 15) is 4.79 Å². The summed E-state index contributed by atoms with van der Waals surface area (Å²) < 4.78 is 15.8. The van der Waals surface area contributed by atoms with Gasteiger partial charge >= 0.3 is 5.97 Å². The van der Waals surface area contributed by atoms with Crippen molar-refractivity contribution >= 4 is 28.6 Å². The third-order valence-corrected chi connectivity index (χ3v) is 3.29. The van der Waals surface area contributed by atoms with Crippen molar-refractivity contribution in [1.29, 1.82) is 0 Å². The summed E-state index contributed by atoms with van der Waals surface area (Å²) in [6.45, 7) is 2.07. The van der Waals surface area contributed by atoms with Crippen molar-refractivity contribution in [3.8, 4) is 11.5 Å². The molecule has 0 aliphatic carbocycles. The van der Waals surface area contributed by atoms with Gasteiger partial charge in [-0.15, -0.1) is 0 Å². The van der Waals surface area contributed by atoms with E-state index in [1.807, 2.05) is 12.1 Å². The Morgan fingerprint density at radius 1 is 1.32 bits per heavy atom. The number of esters is 1. The van der Waals surface area contributed by atoms with E-state index in [1.54, 1.807) is 25.3 Å². The van der Waals surface area contributed by atoms with Crippen molar-refractivity contribution in [2.24, 2.45) is 0 Å². The third kappa shape index (κ3) is 3.28. The molecule has 0 aliphatic rings. The van der Waals surface area contributed by atoms with Crippen LogP contribution in [0.5, 0.6) is 11.5 Å². The quantitative estimate of drug-likeness (QED) is 0.352. The summed E-state index contributed by atoms with van der Waals surface area (Å²) in [5, 5.41) is 0. The van der Waals surface area contributed by atoms with Gasteiger partial charge < -0.3 is 13.9 Å². The topological polar surface area (TPSA) is 48.7 Å². The predicted octanol–water partition coefficient (Wildman–Crippen LogP) is 4.00. The average Bonchev–Trinajstić information content (AvgIpc) is 2.92. The maximum absolute atomic E-state index is 11.8. The Balaban J connectivity index is 2.23. The van der Waals surface area contributed by atoms with Gasteiger partial charge in [0, 0.05) is 3.92 Å². The van der Waals surface area contributed by atoms with Gasteiger partial charge in [-0.2, -0.15) is 0 Å². The molecule has 100 valence electrons. The number of alkyl halides is 1. The highest BCUT2D eigenvalue weighted by Crippen LogP contribution is 2.33. The second-order valence-electron chi connectivity index (χ2n) is 3.89. The van der Waals surface area contributed by atoms with Crippen LogP contribution in [0.4, 0.5) is 0 Å². The molecule has 1 aromatic carbocycles. The largest absolute Gasteiger partial charge is 0.493 e. The summed E-state index contributed by atoms with van der Waals surface area (Å²) in [4.78, 5) is 11.8. The number of carbonyl (C=O) groups is 1. The van der Waals surface area contributed by atoms with Crippen LogP contribution in [0, 0.1) is 0 Å². The molecule has 19 heavy (non-hydrogen) atoms. The zero-order chi connectivity index (χ0) is 13.8. The molecule has 0 saturated carbocycles. The molecule has 1 atom stereocenters. The molecule has 0 saturated heterocycles. The molecule has 4 nitrogen and oxygen atoms in total. The van der Waals surface area contributed by atoms with Crippen LogP contribution in [0.25, 0.3) is 0 Å². The molecule has 1 unspecified atom stereocenters. The molecule has 0 aliphatic heterocycles. The zero-order valence-corrected chi connectivity index (χ0v) is 12.7. The van der Waals surface area contributed by atoms with E-state index in [0.29, 0.717) is 15.4 Å². The average molecular weight is 372 g/mol. The second-order valence-corrected chi connectivity index (χ2v) is 5.76. The Morgan fingerprint density at radius 2 is 2.11 bits per heavy atom. The monoisotopic (exact) mass is 372 g/mol. The van der Waals surface area contributed by atoms with Crippen LogP contribution in [-0.4, -0.2) is 13.1 Å². The Morgan fingerprint density at radius 3 is 2.68 bits per heavy atom. The van der Waals surface area contributed by atoms with Crippen molar-refractivity contribution in [2.45, 2.75) is 10.8 Å². The number of hydrogen-bond donors (Lipinski definition) is 0. The fourth-order valence-corrected chi connectivity index (χ4v) is 1.95. The molecule has 0 N–H and O–H groups in total. The zero-order valence-electron chi connectivity index (χ0n) is 10.6. The maximum Gasteiger partial charge on any atom is 0.379 e. The molecule has 0 bridgehead atoms. The first-order chi connectivity index (χ1) is 9.11. The molecule has 2 rings (SSSR count). The van der Waals surface area contributed by atoms with Crippen molar-refractivity contribution in [2.75, 3.05) is 7.11 Å². The number of halogens is 1. The summed E-state index contributed by atoms with van der Waals surface area (Å²) in [7, 11) is 1.54. The van der Waals surface area contributed by atoms with E-state index in [1.165, 1.54) is 6.26 Å². The number of rotatable bonds is 4. The Labute approximate surface area is 124 Å². The number of hydrogen-bond acceptors (Lipinski definition) is 4. The second kappa shape index (κ2) is 6.10. The molecule has 2 aromatic rings. The number of methoxy groups -OCH3 is 1. The van der Waals surface area contributed by atoms with Gasteiger partial charge in [-0.25, -0.2) is 4.79 Å². The molecule has 0 radical (unpaired) electrons. The Hall–Kier alpha value is -1.50. The van der Waals surface area contributed by atoms with Crippen molar-refractivity contribution in [3.05, 3.63) is 47.9 Å². The molecule has 5 heteroatoms. The minimum absolute atomic E-state index is 0.161. The van der Waals surface area contributed by atoms with Gasteiger partial charge in [-0.05, 0) is 36.8 Å². The summed E-state index contributed by atoms with van der Waals surface area (Å²) in [5.41, 5.74) is 1.11. The highest BCUT2D eigenvalue weighted by Gasteiger charge is 2.15. The standard InChI is InChI=1S/C14H13IO4/c1-9(15)10-5-6-11(13(8-10)17-2)19-14(16)12-4-3-7-18-12/h3-9H,1-2H3. The van der Waals surface area contributed by atoms with E-state index in [4.69, 9.17) is 13.9 Å². The highest BCUT2D eigenvalue weighted by atomic mass is 127. The molecule has 0 fully saturated rings. The number of carbonyl (C=O) groups excluding carboxylic acids is 1. The van der Waals surface area contributed by atoms with Gasteiger partial charge in [0.2, 0.25) is 5.76 Å². The minimum Gasteiger partial charge on any atom is -0.493 e. The normalized spacial score (nSPS) is 11.9. The fraction of sp³-hybridized carbons (Fsp3) is 0.214. The van der Waals surface area contributed by atoms with Gasteiger partial charge in [0.25, 0.3) is 0 Å². The number of furan rings is 1. The molecule has 1 heterocycles. The summed E-state index contributed by atoms with van der Waals surface area (Å²) in [6, 6.07) is 8.68.